The summed E-state index contributed by atoms with van der Waals surface area (Å²) in [4.78, 5) is 36.0. The van der Waals surface area contributed by atoms with Crippen molar-refractivity contribution in [3.05, 3.63) is 76.1 Å². The van der Waals surface area contributed by atoms with E-state index in [2.05, 4.69) is 10.6 Å². The van der Waals surface area contributed by atoms with E-state index < -0.39 is 35.2 Å². The van der Waals surface area contributed by atoms with Crippen LogP contribution < -0.4 is 22.0 Å². The van der Waals surface area contributed by atoms with Crippen LogP contribution in [0.25, 0.3) is 11.0 Å². The summed E-state index contributed by atoms with van der Waals surface area (Å²) in [6.45, 7) is -0.320. The van der Waals surface area contributed by atoms with E-state index in [9.17, 15) is 27.6 Å². The fourth-order valence-electron chi connectivity index (χ4n) is 3.02. The van der Waals surface area contributed by atoms with E-state index in [0.717, 1.165) is 17.7 Å². The van der Waals surface area contributed by atoms with E-state index in [0.29, 0.717) is 6.07 Å². The highest BCUT2D eigenvalue weighted by Crippen LogP contribution is 2.34. The Morgan fingerprint density at radius 2 is 1.77 bits per heavy atom. The third-order valence-corrected chi connectivity index (χ3v) is 4.44. The number of halogens is 3. The van der Waals surface area contributed by atoms with Crippen LogP contribution in [0.4, 0.5) is 18.9 Å². The quantitative estimate of drug-likeness (QED) is 0.517. The van der Waals surface area contributed by atoms with Gasteiger partial charge >= 0.3 is 11.8 Å². The minimum absolute atomic E-state index is 0.0973. The molecule has 1 heterocycles. The highest BCUT2D eigenvalue weighted by molar-refractivity contribution is 5.99. The minimum Gasteiger partial charge on any atom is -0.423 e. The number of nitrogens with two attached hydrogens (primary N) is 1. The largest absolute Gasteiger partial charge is 0.423 e. The maximum atomic E-state index is 13.2. The van der Waals surface area contributed by atoms with Gasteiger partial charge in [0.2, 0.25) is 11.8 Å². The maximum Gasteiger partial charge on any atom is 0.417 e. The Labute approximate surface area is 174 Å². The Hall–Kier alpha value is -3.66. The standard InChI is InChI=1S/C21H18F3N3O4/c22-21(23,24)15-10-19(29)31-17-9-13(6-7-14(15)17)26-20(30)16(27-18(28)11-25)8-12-4-2-1-3-5-12/h1-7,9-10,16H,8,11,25H2,(H,26,30)(H,27,28). The van der Waals surface area contributed by atoms with Gasteiger partial charge < -0.3 is 20.8 Å². The minimum atomic E-state index is -4.74. The first-order valence-electron chi connectivity index (χ1n) is 9.16. The number of carbonyl (C=O) groups is 2. The third-order valence-electron chi connectivity index (χ3n) is 4.44. The predicted octanol–water partition coefficient (Wildman–Crippen LogP) is 2.44. The number of hydrogen-bond donors (Lipinski definition) is 3. The Kier molecular flexibility index (Phi) is 6.40. The summed E-state index contributed by atoms with van der Waals surface area (Å²) in [5.41, 5.74) is 3.56. The lowest BCUT2D eigenvalue weighted by Gasteiger charge is -2.18. The van der Waals surface area contributed by atoms with Gasteiger partial charge in [-0.05, 0) is 17.7 Å². The molecule has 10 heteroatoms. The van der Waals surface area contributed by atoms with Crippen molar-refractivity contribution in [3.8, 4) is 0 Å². The smallest absolute Gasteiger partial charge is 0.417 e. The van der Waals surface area contributed by atoms with Crippen molar-refractivity contribution in [2.24, 2.45) is 5.73 Å². The van der Waals surface area contributed by atoms with E-state index >= 15 is 0 Å². The molecule has 0 bridgehead atoms. The van der Waals surface area contributed by atoms with Gasteiger partial charge in [0.25, 0.3) is 0 Å². The Morgan fingerprint density at radius 1 is 1.06 bits per heavy atom. The summed E-state index contributed by atoms with van der Waals surface area (Å²) >= 11 is 0. The third kappa shape index (κ3) is 5.48. The number of alkyl halides is 3. The second-order valence-electron chi connectivity index (χ2n) is 6.69. The zero-order valence-corrected chi connectivity index (χ0v) is 16.0. The van der Waals surface area contributed by atoms with E-state index in [4.69, 9.17) is 10.2 Å². The van der Waals surface area contributed by atoms with Crippen molar-refractivity contribution in [3.63, 3.8) is 0 Å². The zero-order valence-electron chi connectivity index (χ0n) is 16.0. The summed E-state index contributed by atoms with van der Waals surface area (Å²) in [7, 11) is 0. The fraction of sp³-hybridized carbons (Fsp3) is 0.190. The average molecular weight is 433 g/mol. The molecule has 2 amide bonds. The van der Waals surface area contributed by atoms with Crippen LogP contribution in [-0.2, 0) is 22.2 Å². The van der Waals surface area contributed by atoms with Crippen LogP contribution in [0.3, 0.4) is 0 Å². The lowest BCUT2D eigenvalue weighted by molar-refractivity contribution is -0.136. The molecule has 3 rings (SSSR count). The van der Waals surface area contributed by atoms with Gasteiger partial charge in [0.1, 0.15) is 11.6 Å². The molecule has 0 aliphatic carbocycles. The van der Waals surface area contributed by atoms with E-state index in [-0.39, 0.29) is 29.6 Å². The molecule has 7 nitrogen and oxygen atoms in total. The molecule has 1 unspecified atom stereocenters. The number of nitrogens with one attached hydrogen (secondary N) is 2. The number of carbonyl (C=O) groups excluding carboxylic acids is 2. The molecule has 0 fully saturated rings. The van der Waals surface area contributed by atoms with Gasteiger partial charge in [-0.1, -0.05) is 30.3 Å². The van der Waals surface area contributed by atoms with E-state index in [1.807, 2.05) is 0 Å². The van der Waals surface area contributed by atoms with Gasteiger partial charge in [0.05, 0.1) is 12.1 Å². The topological polar surface area (TPSA) is 114 Å². The van der Waals surface area contributed by atoms with Gasteiger partial charge in [-0.3, -0.25) is 9.59 Å². The average Bonchev–Trinajstić information content (AvgIpc) is 2.72. The molecule has 31 heavy (non-hydrogen) atoms. The summed E-state index contributed by atoms with van der Waals surface area (Å²) < 4.78 is 44.4. The molecule has 3 aromatic rings. The van der Waals surface area contributed by atoms with Crippen molar-refractivity contribution in [2.45, 2.75) is 18.6 Å². The maximum absolute atomic E-state index is 13.2. The van der Waals surface area contributed by atoms with Gasteiger partial charge in [0, 0.05) is 29.6 Å². The number of amides is 2. The molecular weight excluding hydrogens is 415 g/mol. The second-order valence-corrected chi connectivity index (χ2v) is 6.69. The molecule has 0 radical (unpaired) electrons. The van der Waals surface area contributed by atoms with Gasteiger partial charge in [0.15, 0.2) is 0 Å². The first-order valence-corrected chi connectivity index (χ1v) is 9.16. The van der Waals surface area contributed by atoms with Gasteiger partial charge in [-0.15, -0.1) is 0 Å². The Bertz CT molecular complexity index is 1160. The number of hydrogen-bond acceptors (Lipinski definition) is 5. The fourth-order valence-corrected chi connectivity index (χ4v) is 3.02. The van der Waals surface area contributed by atoms with Crippen molar-refractivity contribution in [1.29, 1.82) is 0 Å². The van der Waals surface area contributed by atoms with Crippen LogP contribution in [0.5, 0.6) is 0 Å². The molecule has 1 atom stereocenters. The molecule has 0 aliphatic rings. The Balaban J connectivity index is 1.88. The van der Waals surface area contributed by atoms with Crippen LogP contribution in [-0.4, -0.2) is 24.4 Å². The number of fused-ring (bicyclic) bond motifs is 1. The summed E-state index contributed by atoms with van der Waals surface area (Å²) in [6, 6.07) is 11.8. The molecule has 0 aliphatic heterocycles. The summed E-state index contributed by atoms with van der Waals surface area (Å²) in [5, 5.41) is 4.72. The second kappa shape index (κ2) is 9.00. The van der Waals surface area contributed by atoms with Crippen molar-refractivity contribution >= 4 is 28.5 Å². The number of rotatable bonds is 6. The van der Waals surface area contributed by atoms with Crippen molar-refractivity contribution < 1.29 is 27.2 Å². The Morgan fingerprint density at radius 3 is 2.42 bits per heavy atom. The van der Waals surface area contributed by atoms with Crippen LogP contribution in [0.2, 0.25) is 0 Å². The van der Waals surface area contributed by atoms with E-state index in [1.54, 1.807) is 30.3 Å². The molecule has 2 aromatic carbocycles. The molecule has 162 valence electrons. The van der Waals surface area contributed by atoms with E-state index in [1.165, 1.54) is 6.07 Å². The zero-order chi connectivity index (χ0) is 22.6. The van der Waals surface area contributed by atoms with Gasteiger partial charge in [-0.25, -0.2) is 4.79 Å². The van der Waals surface area contributed by atoms with Crippen molar-refractivity contribution in [2.75, 3.05) is 11.9 Å². The molecule has 0 spiro atoms. The number of anilines is 1. The SMILES string of the molecule is NCC(=O)NC(Cc1ccccc1)C(=O)Nc1ccc2c(C(F)(F)F)cc(=O)oc2c1. The first-order chi connectivity index (χ1) is 14.7. The highest BCUT2D eigenvalue weighted by Gasteiger charge is 2.34. The van der Waals surface area contributed by atoms with Crippen LogP contribution >= 0.6 is 0 Å². The predicted molar refractivity (Wildman–Crippen MR) is 107 cm³/mol. The van der Waals surface area contributed by atoms with Crippen LogP contribution in [0, 0.1) is 0 Å². The summed E-state index contributed by atoms with van der Waals surface area (Å²) in [6.07, 6.45) is -4.58. The summed E-state index contributed by atoms with van der Waals surface area (Å²) in [5.74, 6) is -1.16. The lowest BCUT2D eigenvalue weighted by atomic mass is 10.0. The molecule has 0 saturated heterocycles. The normalized spacial score (nSPS) is 12.4. The molecule has 1 aromatic heterocycles. The first kappa shape index (κ1) is 22.0. The lowest BCUT2D eigenvalue weighted by Crippen LogP contribution is -2.47. The van der Waals surface area contributed by atoms with Crippen molar-refractivity contribution in [1.82, 2.24) is 5.32 Å². The highest BCUT2D eigenvalue weighted by atomic mass is 19.4. The van der Waals surface area contributed by atoms with Crippen LogP contribution in [0.1, 0.15) is 11.1 Å². The molecular formula is C21H18F3N3O4. The van der Waals surface area contributed by atoms with Crippen LogP contribution in [0.15, 0.2) is 63.8 Å². The van der Waals surface area contributed by atoms with Gasteiger partial charge in [-0.2, -0.15) is 13.2 Å². The monoisotopic (exact) mass is 433 g/mol. The molecule has 0 saturated carbocycles. The number of benzene rings is 2. The molecule has 4 N–H and O–H groups in total.